The number of amidine groups is 1. The molecule has 0 bridgehead atoms. The zero-order valence-electron chi connectivity index (χ0n) is 18.5. The number of cyclic esters (lactones) is 1. The van der Waals surface area contributed by atoms with Gasteiger partial charge in [0, 0.05) is 24.2 Å². The van der Waals surface area contributed by atoms with E-state index in [1.54, 1.807) is 30.3 Å². The molecule has 1 amide bonds. The molecular weight excluding hydrogens is 438 g/mol. The molecule has 4 N–H and O–H groups in total. The number of nitrogens with one attached hydrogen (secondary N) is 1. The van der Waals surface area contributed by atoms with Gasteiger partial charge in [-0.2, -0.15) is 0 Å². The average molecular weight is 463 g/mol. The summed E-state index contributed by atoms with van der Waals surface area (Å²) in [6.07, 6.45) is -0.830. The van der Waals surface area contributed by atoms with Crippen LogP contribution in [0.2, 0.25) is 0 Å². The van der Waals surface area contributed by atoms with Crippen LogP contribution in [0.25, 0.3) is 0 Å². The zero-order chi connectivity index (χ0) is 24.5. The molecule has 0 aliphatic carbocycles. The van der Waals surface area contributed by atoms with Crippen molar-refractivity contribution in [3.05, 3.63) is 84.4 Å². The van der Waals surface area contributed by atoms with Crippen LogP contribution in [0, 0.1) is 5.41 Å². The molecule has 34 heavy (non-hydrogen) atoms. The summed E-state index contributed by atoms with van der Waals surface area (Å²) in [7, 11) is 0. The second kappa shape index (κ2) is 11.4. The molecule has 9 nitrogen and oxygen atoms in total. The number of aliphatic carboxylic acids is 1. The summed E-state index contributed by atoms with van der Waals surface area (Å²) in [5, 5.41) is 14.9. The number of carbonyl (C=O) groups excluding carboxylic acids is 1. The minimum Gasteiger partial charge on any atom is -0.490 e. The maximum absolute atomic E-state index is 12.2. The number of rotatable bonds is 7. The Labute approximate surface area is 196 Å². The first kappa shape index (κ1) is 24.1. The highest BCUT2D eigenvalue weighted by Gasteiger charge is 2.32. The third-order valence-corrected chi connectivity index (χ3v) is 4.58. The van der Waals surface area contributed by atoms with E-state index in [2.05, 4.69) is 0 Å². The second-order valence-corrected chi connectivity index (χ2v) is 7.30. The molecule has 3 aromatic carbocycles. The van der Waals surface area contributed by atoms with Gasteiger partial charge in [0.25, 0.3) is 5.97 Å². The summed E-state index contributed by atoms with van der Waals surface area (Å²) in [5.41, 5.74) is 6.75. The summed E-state index contributed by atoms with van der Waals surface area (Å²) in [4.78, 5) is 22.8. The van der Waals surface area contributed by atoms with Gasteiger partial charge in [0.1, 0.15) is 29.7 Å². The smallest absolute Gasteiger partial charge is 0.414 e. The van der Waals surface area contributed by atoms with E-state index in [1.807, 2.05) is 48.5 Å². The monoisotopic (exact) mass is 463 g/mol. The highest BCUT2D eigenvalue weighted by atomic mass is 16.6. The molecule has 176 valence electrons. The number of para-hydroxylation sites is 1. The molecule has 1 unspecified atom stereocenters. The van der Waals surface area contributed by atoms with Crippen LogP contribution in [0.4, 0.5) is 10.5 Å². The van der Waals surface area contributed by atoms with E-state index in [1.165, 1.54) is 4.90 Å². The van der Waals surface area contributed by atoms with E-state index in [0.29, 0.717) is 29.3 Å². The SMILES string of the molecule is CC(=O)O.N=C(N)c1ccc(N2CC(COc3cccc(Oc4ccccc4)c3)OC2=O)cc1. The number of nitrogens with two attached hydrogens (primary N) is 1. The first-order valence-corrected chi connectivity index (χ1v) is 10.4. The molecule has 0 saturated carbocycles. The third kappa shape index (κ3) is 6.99. The van der Waals surface area contributed by atoms with Crippen molar-refractivity contribution in [3.8, 4) is 17.2 Å². The highest BCUT2D eigenvalue weighted by molar-refractivity contribution is 5.96. The highest BCUT2D eigenvalue weighted by Crippen LogP contribution is 2.26. The number of ether oxygens (including phenoxy) is 3. The lowest BCUT2D eigenvalue weighted by molar-refractivity contribution is -0.134. The van der Waals surface area contributed by atoms with Crippen LogP contribution in [-0.4, -0.2) is 42.3 Å². The summed E-state index contributed by atoms with van der Waals surface area (Å²) in [5.74, 6) is 1.18. The number of anilines is 1. The maximum Gasteiger partial charge on any atom is 0.414 e. The molecule has 4 rings (SSSR count). The topological polar surface area (TPSA) is 135 Å². The number of carboxylic acids is 1. The molecule has 0 spiro atoms. The summed E-state index contributed by atoms with van der Waals surface area (Å²) in [6.45, 7) is 1.68. The quantitative estimate of drug-likeness (QED) is 0.352. The molecule has 1 aliphatic rings. The minimum absolute atomic E-state index is 0.0182. The first-order chi connectivity index (χ1) is 16.3. The van der Waals surface area contributed by atoms with Gasteiger partial charge in [0.2, 0.25) is 0 Å². The predicted molar refractivity (Wildman–Crippen MR) is 127 cm³/mol. The largest absolute Gasteiger partial charge is 0.490 e. The third-order valence-electron chi connectivity index (χ3n) is 4.58. The number of amides is 1. The Morgan fingerprint density at radius 2 is 1.68 bits per heavy atom. The lowest BCUT2D eigenvalue weighted by Crippen LogP contribution is -2.26. The van der Waals surface area contributed by atoms with Gasteiger partial charge in [-0.1, -0.05) is 24.3 Å². The van der Waals surface area contributed by atoms with Gasteiger partial charge in [0.15, 0.2) is 6.10 Å². The van der Waals surface area contributed by atoms with Gasteiger partial charge < -0.3 is 25.1 Å². The number of nitrogen functional groups attached to an aromatic ring is 1. The predicted octanol–water partition coefficient (Wildman–Crippen LogP) is 4.26. The van der Waals surface area contributed by atoms with Crippen molar-refractivity contribution >= 4 is 23.6 Å². The van der Waals surface area contributed by atoms with E-state index in [-0.39, 0.29) is 12.4 Å². The molecule has 0 aromatic heterocycles. The molecule has 3 aromatic rings. The van der Waals surface area contributed by atoms with Crippen LogP contribution >= 0.6 is 0 Å². The van der Waals surface area contributed by atoms with Gasteiger partial charge in [0.05, 0.1) is 6.54 Å². The molecule has 9 heteroatoms. The van der Waals surface area contributed by atoms with Crippen molar-refractivity contribution in [3.63, 3.8) is 0 Å². The molecular formula is C25H25N3O6. The van der Waals surface area contributed by atoms with Crippen LogP contribution < -0.4 is 20.1 Å². The van der Waals surface area contributed by atoms with Crippen molar-refractivity contribution in [2.24, 2.45) is 5.73 Å². The van der Waals surface area contributed by atoms with E-state index < -0.39 is 18.2 Å². The van der Waals surface area contributed by atoms with Crippen LogP contribution in [-0.2, 0) is 9.53 Å². The Kier molecular flexibility index (Phi) is 8.07. The van der Waals surface area contributed by atoms with Gasteiger partial charge in [-0.3, -0.25) is 15.1 Å². The number of hydrogen-bond donors (Lipinski definition) is 3. The minimum atomic E-state index is -0.833. The normalized spacial score (nSPS) is 14.4. The summed E-state index contributed by atoms with van der Waals surface area (Å²) in [6, 6.07) is 23.7. The first-order valence-electron chi connectivity index (χ1n) is 10.4. The van der Waals surface area contributed by atoms with Gasteiger partial charge >= 0.3 is 6.09 Å². The van der Waals surface area contributed by atoms with Gasteiger partial charge in [-0.25, -0.2) is 4.79 Å². The Morgan fingerprint density at radius 1 is 1.06 bits per heavy atom. The molecule has 0 radical (unpaired) electrons. The number of carbonyl (C=O) groups is 2. The number of hydrogen-bond acceptors (Lipinski definition) is 6. The standard InChI is InChI=1S/C23H21N3O4.C2H4O2/c24-22(25)16-9-11-17(12-10-16)26-14-21(30-23(26)27)15-28-19-7-4-8-20(13-19)29-18-5-2-1-3-6-18;1-2(3)4/h1-13,21H,14-15H2,(H3,24,25);1H3,(H,3,4). The fraction of sp³-hybridized carbons (Fsp3) is 0.160. The maximum atomic E-state index is 12.2. The Bertz CT molecular complexity index is 1130. The number of nitrogens with zero attached hydrogens (tertiary/aromatic N) is 1. The van der Waals surface area contributed by atoms with E-state index in [9.17, 15) is 4.79 Å². The Morgan fingerprint density at radius 3 is 2.32 bits per heavy atom. The van der Waals surface area contributed by atoms with Crippen LogP contribution in [0.1, 0.15) is 12.5 Å². The molecule has 1 aliphatic heterocycles. The van der Waals surface area contributed by atoms with E-state index in [0.717, 1.165) is 12.7 Å². The molecule has 1 saturated heterocycles. The summed E-state index contributed by atoms with van der Waals surface area (Å²) < 4.78 is 17.1. The van der Waals surface area contributed by atoms with Crippen LogP contribution in [0.5, 0.6) is 17.2 Å². The summed E-state index contributed by atoms with van der Waals surface area (Å²) >= 11 is 0. The van der Waals surface area contributed by atoms with Crippen molar-refractivity contribution in [2.45, 2.75) is 13.0 Å². The van der Waals surface area contributed by atoms with Crippen molar-refractivity contribution < 1.29 is 28.9 Å². The van der Waals surface area contributed by atoms with E-state index >= 15 is 0 Å². The van der Waals surface area contributed by atoms with Crippen LogP contribution in [0.15, 0.2) is 78.9 Å². The van der Waals surface area contributed by atoms with Crippen LogP contribution in [0.3, 0.4) is 0 Å². The second-order valence-electron chi connectivity index (χ2n) is 7.30. The Hall–Kier alpha value is -4.53. The van der Waals surface area contributed by atoms with E-state index in [4.69, 9.17) is 35.3 Å². The fourth-order valence-electron chi connectivity index (χ4n) is 3.08. The zero-order valence-corrected chi connectivity index (χ0v) is 18.5. The number of benzene rings is 3. The van der Waals surface area contributed by atoms with Crippen molar-refractivity contribution in [1.29, 1.82) is 5.41 Å². The average Bonchev–Trinajstić information content (AvgIpc) is 3.19. The van der Waals surface area contributed by atoms with Gasteiger partial charge in [-0.05, 0) is 48.5 Å². The Balaban J connectivity index is 0.000000751. The van der Waals surface area contributed by atoms with Crippen molar-refractivity contribution in [2.75, 3.05) is 18.1 Å². The number of carboxylic acid groups (broad SMARTS) is 1. The van der Waals surface area contributed by atoms with Gasteiger partial charge in [-0.15, -0.1) is 0 Å². The molecule has 1 heterocycles. The molecule has 1 fully saturated rings. The van der Waals surface area contributed by atoms with Crippen molar-refractivity contribution in [1.82, 2.24) is 0 Å². The lowest BCUT2D eigenvalue weighted by atomic mass is 10.2. The fourth-order valence-corrected chi connectivity index (χ4v) is 3.08. The molecule has 1 atom stereocenters. The lowest BCUT2D eigenvalue weighted by Gasteiger charge is -2.14.